The third-order valence-electron chi connectivity index (χ3n) is 2.58. The van der Waals surface area contributed by atoms with Gasteiger partial charge in [0.05, 0.1) is 5.69 Å². The molecule has 0 spiro atoms. The second-order valence-corrected chi connectivity index (χ2v) is 4.10. The maximum absolute atomic E-state index is 13.0. The number of ether oxygens (including phenoxy) is 1. The molecule has 0 bridgehead atoms. The highest BCUT2D eigenvalue weighted by Crippen LogP contribution is 2.19. The average Bonchev–Trinajstić information content (AvgIpc) is 2.42. The normalized spacial score (nSPS) is 10.5. The molecule has 0 aliphatic rings. The van der Waals surface area contributed by atoms with Gasteiger partial charge in [-0.2, -0.15) is 8.78 Å². The highest BCUT2D eigenvalue weighted by atomic mass is 19.3. The molecule has 2 aromatic carbocycles. The number of rotatable bonds is 4. The van der Waals surface area contributed by atoms with Crippen LogP contribution < -0.4 is 15.8 Å². The van der Waals surface area contributed by atoms with Gasteiger partial charge in [0.25, 0.3) is 5.91 Å². The molecule has 0 fully saturated rings. The summed E-state index contributed by atoms with van der Waals surface area (Å²) >= 11 is 0. The van der Waals surface area contributed by atoms with Crippen LogP contribution in [0, 0.1) is 5.82 Å². The van der Waals surface area contributed by atoms with Crippen molar-refractivity contribution < 1.29 is 22.7 Å². The molecule has 2 rings (SSSR count). The molecule has 7 heteroatoms. The lowest BCUT2D eigenvalue weighted by atomic mass is 10.2. The highest BCUT2D eigenvalue weighted by Gasteiger charge is 2.10. The number of carbonyl (C=O) groups excluding carboxylic acids is 1. The van der Waals surface area contributed by atoms with Crippen molar-refractivity contribution >= 4 is 17.3 Å². The molecule has 0 radical (unpaired) electrons. The number of hydrogen-bond donors (Lipinski definition) is 2. The molecule has 0 aliphatic carbocycles. The van der Waals surface area contributed by atoms with Crippen molar-refractivity contribution in [2.45, 2.75) is 6.61 Å². The molecular formula is C14H11F3N2O2. The quantitative estimate of drug-likeness (QED) is 0.851. The Morgan fingerprint density at radius 2 is 1.95 bits per heavy atom. The minimum Gasteiger partial charge on any atom is -0.435 e. The zero-order valence-electron chi connectivity index (χ0n) is 10.6. The fourth-order valence-electron chi connectivity index (χ4n) is 1.64. The Hall–Kier alpha value is -2.70. The van der Waals surface area contributed by atoms with Crippen molar-refractivity contribution in [3.05, 3.63) is 53.8 Å². The van der Waals surface area contributed by atoms with Gasteiger partial charge in [-0.05, 0) is 36.4 Å². The van der Waals surface area contributed by atoms with E-state index < -0.39 is 18.3 Å². The molecule has 0 unspecified atom stereocenters. The number of nitrogens with two attached hydrogens (primary N) is 1. The van der Waals surface area contributed by atoms with E-state index in [9.17, 15) is 18.0 Å². The fraction of sp³-hybridized carbons (Fsp3) is 0.0714. The number of alkyl halides is 2. The van der Waals surface area contributed by atoms with Gasteiger partial charge in [-0.3, -0.25) is 4.79 Å². The number of nitrogens with one attached hydrogen (secondary N) is 1. The molecule has 0 saturated heterocycles. The maximum Gasteiger partial charge on any atom is 0.387 e. The Balaban J connectivity index is 2.14. The van der Waals surface area contributed by atoms with Crippen LogP contribution in [0.4, 0.5) is 24.5 Å². The molecule has 0 heterocycles. The van der Waals surface area contributed by atoms with Crippen LogP contribution in [-0.4, -0.2) is 12.5 Å². The van der Waals surface area contributed by atoms with Gasteiger partial charge >= 0.3 is 6.61 Å². The molecule has 110 valence electrons. The Morgan fingerprint density at radius 1 is 1.19 bits per heavy atom. The first-order valence-corrected chi connectivity index (χ1v) is 5.87. The number of anilines is 2. The summed E-state index contributed by atoms with van der Waals surface area (Å²) in [6.45, 7) is -2.97. The summed E-state index contributed by atoms with van der Waals surface area (Å²) in [6.07, 6.45) is 0. The van der Waals surface area contributed by atoms with Crippen LogP contribution in [0.25, 0.3) is 0 Å². The van der Waals surface area contributed by atoms with E-state index in [1.165, 1.54) is 36.4 Å². The minimum atomic E-state index is -2.97. The summed E-state index contributed by atoms with van der Waals surface area (Å²) in [7, 11) is 0. The summed E-state index contributed by atoms with van der Waals surface area (Å²) in [5.41, 5.74) is 5.69. The lowest BCUT2D eigenvalue weighted by Gasteiger charge is -2.08. The van der Waals surface area contributed by atoms with Gasteiger partial charge in [-0.25, -0.2) is 4.39 Å². The molecule has 4 nitrogen and oxygen atoms in total. The van der Waals surface area contributed by atoms with Crippen LogP contribution in [0.3, 0.4) is 0 Å². The van der Waals surface area contributed by atoms with E-state index >= 15 is 0 Å². The van der Waals surface area contributed by atoms with Gasteiger partial charge in [0, 0.05) is 11.3 Å². The largest absolute Gasteiger partial charge is 0.435 e. The number of nitrogen functional groups attached to an aromatic ring is 1. The second-order valence-electron chi connectivity index (χ2n) is 4.10. The third-order valence-corrected chi connectivity index (χ3v) is 2.58. The summed E-state index contributed by atoms with van der Waals surface area (Å²) < 4.78 is 41.4. The summed E-state index contributed by atoms with van der Waals surface area (Å²) in [6, 6.07) is 9.02. The highest BCUT2D eigenvalue weighted by molar-refractivity contribution is 6.04. The van der Waals surface area contributed by atoms with Crippen molar-refractivity contribution in [3.8, 4) is 5.75 Å². The molecule has 2 aromatic rings. The van der Waals surface area contributed by atoms with Crippen LogP contribution in [0.15, 0.2) is 42.5 Å². The van der Waals surface area contributed by atoms with Crippen LogP contribution >= 0.6 is 0 Å². The third kappa shape index (κ3) is 3.88. The molecular weight excluding hydrogens is 285 g/mol. The molecule has 0 aliphatic heterocycles. The molecule has 0 atom stereocenters. The van der Waals surface area contributed by atoms with E-state index in [1.54, 1.807) is 0 Å². The van der Waals surface area contributed by atoms with Crippen LogP contribution in [-0.2, 0) is 0 Å². The maximum atomic E-state index is 13.0. The predicted molar refractivity (Wildman–Crippen MR) is 71.8 cm³/mol. The topological polar surface area (TPSA) is 64.3 Å². The first-order chi connectivity index (χ1) is 9.95. The van der Waals surface area contributed by atoms with E-state index in [4.69, 9.17) is 5.73 Å². The van der Waals surface area contributed by atoms with Crippen molar-refractivity contribution in [1.29, 1.82) is 0 Å². The molecule has 0 aromatic heterocycles. The lowest BCUT2D eigenvalue weighted by molar-refractivity contribution is -0.0498. The zero-order chi connectivity index (χ0) is 15.4. The van der Waals surface area contributed by atoms with Crippen molar-refractivity contribution in [2.75, 3.05) is 11.1 Å². The standard InChI is InChI=1S/C14H11F3N2O2/c15-11-5-4-9(7-12(11)18)19-13(20)8-2-1-3-10(6-8)21-14(16)17/h1-7,14H,18H2,(H,19,20). The van der Waals surface area contributed by atoms with E-state index in [2.05, 4.69) is 10.1 Å². The minimum absolute atomic E-state index is 0.109. The SMILES string of the molecule is Nc1cc(NC(=O)c2cccc(OC(F)F)c2)ccc1F. The van der Waals surface area contributed by atoms with Gasteiger partial charge in [0.15, 0.2) is 0 Å². The lowest BCUT2D eigenvalue weighted by Crippen LogP contribution is -2.12. The average molecular weight is 296 g/mol. The van der Waals surface area contributed by atoms with Gasteiger partial charge in [0.2, 0.25) is 0 Å². The Bertz CT molecular complexity index is 662. The Kier molecular flexibility index (Phi) is 4.32. The Labute approximate surface area is 118 Å². The molecule has 0 saturated carbocycles. The first-order valence-electron chi connectivity index (χ1n) is 5.87. The van der Waals surface area contributed by atoms with Crippen molar-refractivity contribution in [3.63, 3.8) is 0 Å². The van der Waals surface area contributed by atoms with E-state index in [1.807, 2.05) is 0 Å². The van der Waals surface area contributed by atoms with Crippen LogP contribution in [0.2, 0.25) is 0 Å². The summed E-state index contributed by atoms with van der Waals surface area (Å²) in [5, 5.41) is 2.48. The van der Waals surface area contributed by atoms with E-state index in [-0.39, 0.29) is 17.0 Å². The van der Waals surface area contributed by atoms with Crippen LogP contribution in [0.5, 0.6) is 5.75 Å². The smallest absolute Gasteiger partial charge is 0.387 e. The summed E-state index contributed by atoms with van der Waals surface area (Å²) in [4.78, 5) is 12.0. The van der Waals surface area contributed by atoms with Gasteiger partial charge in [-0.1, -0.05) is 6.07 Å². The first kappa shape index (κ1) is 14.7. The van der Waals surface area contributed by atoms with E-state index in [0.29, 0.717) is 5.69 Å². The van der Waals surface area contributed by atoms with Crippen molar-refractivity contribution in [2.24, 2.45) is 0 Å². The van der Waals surface area contributed by atoms with Crippen molar-refractivity contribution in [1.82, 2.24) is 0 Å². The number of halogens is 3. The number of hydrogen-bond acceptors (Lipinski definition) is 3. The molecule has 3 N–H and O–H groups in total. The van der Waals surface area contributed by atoms with Gasteiger partial charge in [0.1, 0.15) is 11.6 Å². The zero-order valence-corrected chi connectivity index (χ0v) is 10.6. The summed E-state index contributed by atoms with van der Waals surface area (Å²) in [5.74, 6) is -1.28. The van der Waals surface area contributed by atoms with Gasteiger partial charge in [-0.15, -0.1) is 0 Å². The molecule has 1 amide bonds. The predicted octanol–water partition coefficient (Wildman–Crippen LogP) is 3.26. The molecule has 21 heavy (non-hydrogen) atoms. The fourth-order valence-corrected chi connectivity index (χ4v) is 1.64. The number of benzene rings is 2. The number of carbonyl (C=O) groups is 1. The second kappa shape index (κ2) is 6.17. The monoisotopic (exact) mass is 296 g/mol. The Morgan fingerprint density at radius 3 is 2.62 bits per heavy atom. The van der Waals surface area contributed by atoms with Gasteiger partial charge < -0.3 is 15.8 Å². The van der Waals surface area contributed by atoms with E-state index in [0.717, 1.165) is 6.07 Å². The number of amides is 1. The van der Waals surface area contributed by atoms with Crippen LogP contribution in [0.1, 0.15) is 10.4 Å².